The number of hydrogen-bond acceptors (Lipinski definition) is 4. The standard InChI is InChI=1S/C20H38N6O2.HI/c1-5-22-19(23-15-20(10-6-7-11-20)18(28)25(3)4)24-16-8-12-26(13-9-16)14-17(27)21-2;/h16H,5-15H2,1-4H3,(H,21,27)(H2,22,23,24);1H. The number of amides is 2. The smallest absolute Gasteiger partial charge is 0.233 e. The summed E-state index contributed by atoms with van der Waals surface area (Å²) in [5.74, 6) is 1.06. The Labute approximate surface area is 192 Å². The fourth-order valence-electron chi connectivity index (χ4n) is 4.23. The molecule has 1 saturated heterocycles. The molecular formula is C20H39IN6O2. The molecule has 29 heavy (non-hydrogen) atoms. The summed E-state index contributed by atoms with van der Waals surface area (Å²) in [5.41, 5.74) is -0.345. The van der Waals surface area contributed by atoms with Crippen molar-refractivity contribution in [2.75, 3.05) is 53.9 Å². The number of carbonyl (C=O) groups is 2. The van der Waals surface area contributed by atoms with Gasteiger partial charge in [-0.1, -0.05) is 12.8 Å². The first kappa shape index (κ1) is 25.9. The molecule has 1 heterocycles. The Kier molecular flexibility index (Phi) is 11.2. The maximum atomic E-state index is 12.8. The minimum atomic E-state index is -0.345. The van der Waals surface area contributed by atoms with Crippen molar-refractivity contribution in [3.63, 3.8) is 0 Å². The van der Waals surface area contributed by atoms with E-state index in [0.717, 1.165) is 64.1 Å². The number of carbonyl (C=O) groups excluding carboxylic acids is 2. The van der Waals surface area contributed by atoms with E-state index in [1.54, 1.807) is 11.9 Å². The zero-order chi connectivity index (χ0) is 20.6. The Balaban J connectivity index is 0.00000420. The molecule has 2 fully saturated rings. The van der Waals surface area contributed by atoms with E-state index in [4.69, 9.17) is 4.99 Å². The number of aliphatic imine (C=N–C) groups is 1. The van der Waals surface area contributed by atoms with Crippen LogP contribution in [0.1, 0.15) is 45.4 Å². The van der Waals surface area contributed by atoms with Crippen LogP contribution in [0, 0.1) is 5.41 Å². The molecule has 0 aromatic heterocycles. The van der Waals surface area contributed by atoms with E-state index in [9.17, 15) is 9.59 Å². The van der Waals surface area contributed by atoms with Gasteiger partial charge in [0.1, 0.15) is 0 Å². The highest BCUT2D eigenvalue weighted by Gasteiger charge is 2.42. The van der Waals surface area contributed by atoms with Gasteiger partial charge in [0.2, 0.25) is 11.8 Å². The average molecular weight is 522 g/mol. The van der Waals surface area contributed by atoms with Crippen molar-refractivity contribution in [1.82, 2.24) is 25.8 Å². The molecule has 0 spiro atoms. The largest absolute Gasteiger partial charge is 0.358 e. The molecule has 168 valence electrons. The van der Waals surface area contributed by atoms with Crippen LogP contribution in [0.15, 0.2) is 4.99 Å². The number of nitrogens with zero attached hydrogens (tertiary/aromatic N) is 3. The summed E-state index contributed by atoms with van der Waals surface area (Å²) < 4.78 is 0. The van der Waals surface area contributed by atoms with Gasteiger partial charge in [-0.15, -0.1) is 24.0 Å². The predicted molar refractivity (Wildman–Crippen MR) is 128 cm³/mol. The summed E-state index contributed by atoms with van der Waals surface area (Å²) in [7, 11) is 5.35. The van der Waals surface area contributed by atoms with Gasteiger partial charge < -0.3 is 20.9 Å². The molecule has 2 rings (SSSR count). The van der Waals surface area contributed by atoms with Gasteiger partial charge in [0.15, 0.2) is 5.96 Å². The van der Waals surface area contributed by atoms with E-state index >= 15 is 0 Å². The highest BCUT2D eigenvalue weighted by Crippen LogP contribution is 2.39. The maximum Gasteiger partial charge on any atom is 0.233 e. The first-order chi connectivity index (χ1) is 13.4. The summed E-state index contributed by atoms with van der Waals surface area (Å²) >= 11 is 0. The number of rotatable bonds is 7. The van der Waals surface area contributed by atoms with Crippen LogP contribution in [0.2, 0.25) is 0 Å². The molecule has 0 aromatic rings. The van der Waals surface area contributed by atoms with Gasteiger partial charge in [-0.25, -0.2) is 0 Å². The molecular weight excluding hydrogens is 483 g/mol. The highest BCUT2D eigenvalue weighted by atomic mass is 127. The van der Waals surface area contributed by atoms with Crippen molar-refractivity contribution in [2.45, 2.75) is 51.5 Å². The lowest BCUT2D eigenvalue weighted by atomic mass is 9.85. The number of halogens is 1. The lowest BCUT2D eigenvalue weighted by Gasteiger charge is -2.33. The lowest BCUT2D eigenvalue weighted by molar-refractivity contribution is -0.138. The van der Waals surface area contributed by atoms with Gasteiger partial charge in [0, 0.05) is 46.8 Å². The molecule has 0 bridgehead atoms. The second-order valence-corrected chi connectivity index (χ2v) is 8.25. The average Bonchev–Trinajstić information content (AvgIpc) is 3.17. The summed E-state index contributed by atoms with van der Waals surface area (Å²) in [6.45, 7) is 5.64. The SMILES string of the molecule is CCNC(=NCC1(C(=O)N(C)C)CCCC1)NC1CCN(CC(=O)NC)CC1.I. The second kappa shape index (κ2) is 12.6. The van der Waals surface area contributed by atoms with Crippen LogP contribution >= 0.6 is 24.0 Å². The highest BCUT2D eigenvalue weighted by molar-refractivity contribution is 14.0. The van der Waals surface area contributed by atoms with Crippen molar-refractivity contribution in [1.29, 1.82) is 0 Å². The zero-order valence-corrected chi connectivity index (χ0v) is 20.8. The van der Waals surface area contributed by atoms with Crippen LogP contribution in [-0.4, -0.2) is 87.5 Å². The maximum absolute atomic E-state index is 12.8. The molecule has 8 nitrogen and oxygen atoms in total. The predicted octanol–water partition coefficient (Wildman–Crippen LogP) is 1.02. The zero-order valence-electron chi connectivity index (χ0n) is 18.4. The van der Waals surface area contributed by atoms with E-state index in [-0.39, 0.29) is 41.2 Å². The van der Waals surface area contributed by atoms with Crippen LogP contribution in [0.25, 0.3) is 0 Å². The number of guanidine groups is 1. The molecule has 2 amide bonds. The Morgan fingerprint density at radius 3 is 2.31 bits per heavy atom. The third-order valence-corrected chi connectivity index (χ3v) is 5.88. The van der Waals surface area contributed by atoms with Crippen LogP contribution < -0.4 is 16.0 Å². The second-order valence-electron chi connectivity index (χ2n) is 8.25. The first-order valence-electron chi connectivity index (χ1n) is 10.6. The van der Waals surface area contributed by atoms with E-state index in [0.29, 0.717) is 19.1 Å². The summed E-state index contributed by atoms with van der Waals surface area (Å²) in [5, 5.41) is 9.55. The van der Waals surface area contributed by atoms with E-state index in [2.05, 4.69) is 27.8 Å². The first-order valence-corrected chi connectivity index (χ1v) is 10.6. The quantitative estimate of drug-likeness (QED) is 0.264. The summed E-state index contributed by atoms with van der Waals surface area (Å²) in [6.07, 6.45) is 5.99. The molecule has 1 aliphatic carbocycles. The molecule has 3 N–H and O–H groups in total. The molecule has 0 aromatic carbocycles. The number of likely N-dealkylation sites (N-methyl/N-ethyl adjacent to an activating group) is 1. The van der Waals surface area contributed by atoms with Crippen molar-refractivity contribution in [3.8, 4) is 0 Å². The summed E-state index contributed by atoms with van der Waals surface area (Å²) in [4.78, 5) is 33.0. The van der Waals surface area contributed by atoms with Crippen LogP contribution in [0.5, 0.6) is 0 Å². The normalized spacial score (nSPS) is 19.9. The Bertz CT molecular complexity index is 555. The van der Waals surface area contributed by atoms with Crippen LogP contribution in [0.4, 0.5) is 0 Å². The van der Waals surface area contributed by atoms with Gasteiger partial charge in [0.25, 0.3) is 0 Å². The van der Waals surface area contributed by atoms with Crippen LogP contribution in [0.3, 0.4) is 0 Å². The van der Waals surface area contributed by atoms with Gasteiger partial charge in [-0.2, -0.15) is 0 Å². The third kappa shape index (κ3) is 7.58. The van der Waals surface area contributed by atoms with Crippen molar-refractivity contribution >= 4 is 41.8 Å². The fourth-order valence-corrected chi connectivity index (χ4v) is 4.23. The molecule has 0 atom stereocenters. The number of likely N-dealkylation sites (tertiary alicyclic amines) is 1. The van der Waals surface area contributed by atoms with Gasteiger partial charge in [-0.3, -0.25) is 19.5 Å². The number of piperidine rings is 1. The number of nitrogens with one attached hydrogen (secondary N) is 3. The third-order valence-electron chi connectivity index (χ3n) is 5.88. The fraction of sp³-hybridized carbons (Fsp3) is 0.850. The molecule has 9 heteroatoms. The van der Waals surface area contributed by atoms with Gasteiger partial charge in [0.05, 0.1) is 18.5 Å². The molecule has 2 aliphatic rings. The van der Waals surface area contributed by atoms with Crippen molar-refractivity contribution in [3.05, 3.63) is 0 Å². The summed E-state index contributed by atoms with van der Waals surface area (Å²) in [6, 6.07) is 0.336. The minimum absolute atomic E-state index is 0. The van der Waals surface area contributed by atoms with Gasteiger partial charge >= 0.3 is 0 Å². The van der Waals surface area contributed by atoms with E-state index < -0.39 is 0 Å². The number of hydrogen-bond donors (Lipinski definition) is 3. The monoisotopic (exact) mass is 522 g/mol. The van der Waals surface area contributed by atoms with E-state index in [1.807, 2.05) is 14.1 Å². The Morgan fingerprint density at radius 1 is 1.17 bits per heavy atom. The van der Waals surface area contributed by atoms with E-state index in [1.165, 1.54) is 0 Å². The van der Waals surface area contributed by atoms with Gasteiger partial charge in [-0.05, 0) is 32.6 Å². The topological polar surface area (TPSA) is 89.1 Å². The lowest BCUT2D eigenvalue weighted by Crippen LogP contribution is -2.50. The molecule has 1 aliphatic heterocycles. The molecule has 1 saturated carbocycles. The Morgan fingerprint density at radius 2 is 1.79 bits per heavy atom. The molecule has 0 unspecified atom stereocenters. The van der Waals surface area contributed by atoms with Crippen molar-refractivity contribution < 1.29 is 9.59 Å². The van der Waals surface area contributed by atoms with Crippen molar-refractivity contribution in [2.24, 2.45) is 10.4 Å². The van der Waals surface area contributed by atoms with Crippen LogP contribution in [-0.2, 0) is 9.59 Å². The Hall–Kier alpha value is -1.10. The molecule has 0 radical (unpaired) electrons. The minimum Gasteiger partial charge on any atom is -0.358 e.